The van der Waals surface area contributed by atoms with Gasteiger partial charge in [-0.2, -0.15) is 0 Å². The topological polar surface area (TPSA) is 95.9 Å². The van der Waals surface area contributed by atoms with Gasteiger partial charge in [-0.05, 0) is 83.5 Å². The summed E-state index contributed by atoms with van der Waals surface area (Å²) in [6.45, 7) is 4.87. The Morgan fingerprint density at radius 2 is 0.797 bits per heavy atom. The van der Waals surface area contributed by atoms with Gasteiger partial charge in [0.15, 0.2) is 0 Å². The number of carbonyl (C=O) groups is 2. The van der Waals surface area contributed by atoms with Gasteiger partial charge in [-0.25, -0.2) is 0 Å². The fraction of sp³-hybridized carbons (Fsp3) is 0.862. The molecule has 0 aliphatic rings. The molecule has 0 aromatic carbocycles. The maximum atomic E-state index is 12.5. The lowest BCUT2D eigenvalue weighted by atomic mass is 10.0. The third kappa shape index (κ3) is 49.5. The fourth-order valence-electron chi connectivity index (χ4n) is 8.53. The van der Waals surface area contributed by atoms with Gasteiger partial charge in [-0.3, -0.25) is 9.59 Å². The van der Waals surface area contributed by atoms with Crippen LogP contribution in [0.15, 0.2) is 36.5 Å². The summed E-state index contributed by atoms with van der Waals surface area (Å²) >= 11 is 0. The van der Waals surface area contributed by atoms with E-state index in [1.807, 2.05) is 0 Å². The predicted octanol–water partition coefficient (Wildman–Crippen LogP) is 17.2. The molecule has 0 saturated carbocycles. The highest BCUT2D eigenvalue weighted by atomic mass is 16.5. The highest BCUT2D eigenvalue weighted by Gasteiger charge is 2.20. The van der Waals surface area contributed by atoms with Crippen molar-refractivity contribution >= 4 is 11.9 Å². The minimum absolute atomic E-state index is 0.0266. The number of hydrogen-bond acceptors (Lipinski definition) is 5. The molecule has 0 heterocycles. The summed E-state index contributed by atoms with van der Waals surface area (Å²) in [6, 6.07) is -0.554. The number of carbonyl (C=O) groups excluding carboxylic acids is 2. The van der Waals surface area contributed by atoms with Crippen LogP contribution in [0.25, 0.3) is 0 Å². The van der Waals surface area contributed by atoms with Gasteiger partial charge >= 0.3 is 5.97 Å². The van der Waals surface area contributed by atoms with Gasteiger partial charge in [0.05, 0.1) is 25.4 Å². The maximum Gasteiger partial charge on any atom is 0.305 e. The lowest BCUT2D eigenvalue weighted by molar-refractivity contribution is -0.143. The Hall–Kier alpha value is -1.92. The standard InChI is InChI=1S/C58H109NO5/c1-3-5-7-9-11-13-15-16-17-18-19-21-24-27-31-34-38-42-46-50-56(61)55(54-60)59-57(62)51-47-43-39-35-32-28-25-22-20-23-26-29-33-37-41-45-49-53-64-58(63)52-48-44-40-36-30-14-12-10-8-6-4-2/h10,12,20,23,29,33,55-56,60-61H,3-9,11,13-19,21-22,24-28,30-32,34-54H2,1-2H3,(H,59,62)/b12-10-,23-20-,33-29-. The molecule has 0 fully saturated rings. The zero-order chi connectivity index (χ0) is 46.5. The van der Waals surface area contributed by atoms with E-state index in [1.165, 1.54) is 180 Å². The van der Waals surface area contributed by atoms with Crippen molar-refractivity contribution < 1.29 is 24.5 Å². The van der Waals surface area contributed by atoms with Crippen LogP contribution < -0.4 is 5.32 Å². The number of aliphatic hydroxyl groups is 2. The van der Waals surface area contributed by atoms with E-state index >= 15 is 0 Å². The van der Waals surface area contributed by atoms with Crippen molar-refractivity contribution in [1.82, 2.24) is 5.32 Å². The molecule has 0 aliphatic carbocycles. The summed E-state index contributed by atoms with van der Waals surface area (Å²) in [4.78, 5) is 24.4. The molecule has 6 nitrogen and oxygen atoms in total. The normalized spacial score (nSPS) is 12.9. The van der Waals surface area contributed by atoms with Gasteiger partial charge in [0.1, 0.15) is 0 Å². The SMILES string of the molecule is CCCC/C=C\CCCCCCCC(=O)OCCCCC/C=C\C/C=C\CCCCCCCCCC(=O)NC(CO)C(O)CCCCCCCCCCCCCCCCCCCCC. The van der Waals surface area contributed by atoms with Crippen LogP contribution in [0.1, 0.15) is 296 Å². The number of allylic oxidation sites excluding steroid dienone is 6. The van der Waals surface area contributed by atoms with E-state index in [0.717, 1.165) is 83.5 Å². The molecular weight excluding hydrogens is 791 g/mol. The van der Waals surface area contributed by atoms with Crippen molar-refractivity contribution in [3.05, 3.63) is 36.5 Å². The van der Waals surface area contributed by atoms with Crippen LogP contribution in [0, 0.1) is 0 Å². The highest BCUT2D eigenvalue weighted by molar-refractivity contribution is 5.76. The first-order valence-electron chi connectivity index (χ1n) is 28.2. The van der Waals surface area contributed by atoms with Gasteiger partial charge in [0.25, 0.3) is 0 Å². The number of nitrogens with one attached hydrogen (secondary N) is 1. The average Bonchev–Trinajstić information content (AvgIpc) is 3.29. The molecule has 0 radical (unpaired) electrons. The van der Waals surface area contributed by atoms with E-state index < -0.39 is 12.1 Å². The van der Waals surface area contributed by atoms with Crippen LogP contribution in [-0.2, 0) is 14.3 Å². The van der Waals surface area contributed by atoms with Crippen LogP contribution in [0.5, 0.6) is 0 Å². The Morgan fingerprint density at radius 1 is 0.438 bits per heavy atom. The van der Waals surface area contributed by atoms with Crippen molar-refractivity contribution in [2.75, 3.05) is 13.2 Å². The number of aliphatic hydroxyl groups excluding tert-OH is 2. The largest absolute Gasteiger partial charge is 0.466 e. The average molecular weight is 901 g/mol. The Kier molecular flexibility index (Phi) is 52.1. The summed E-state index contributed by atoms with van der Waals surface area (Å²) in [5.41, 5.74) is 0. The molecule has 6 heteroatoms. The first-order valence-corrected chi connectivity index (χ1v) is 28.2. The van der Waals surface area contributed by atoms with Crippen molar-refractivity contribution in [3.8, 4) is 0 Å². The van der Waals surface area contributed by atoms with Crippen molar-refractivity contribution in [2.45, 2.75) is 309 Å². The molecule has 64 heavy (non-hydrogen) atoms. The van der Waals surface area contributed by atoms with Crippen LogP contribution in [0.4, 0.5) is 0 Å². The van der Waals surface area contributed by atoms with Crippen LogP contribution in [0.3, 0.4) is 0 Å². The Bertz CT molecular complexity index is 1040. The highest BCUT2D eigenvalue weighted by Crippen LogP contribution is 2.17. The quantitative estimate of drug-likeness (QED) is 0.0321. The molecule has 0 spiro atoms. The molecule has 376 valence electrons. The van der Waals surface area contributed by atoms with E-state index in [4.69, 9.17) is 4.74 Å². The molecule has 0 aliphatic heterocycles. The third-order valence-electron chi connectivity index (χ3n) is 12.9. The number of amides is 1. The second-order valence-corrected chi connectivity index (χ2v) is 19.3. The van der Waals surface area contributed by atoms with Crippen LogP contribution >= 0.6 is 0 Å². The van der Waals surface area contributed by atoms with Crippen LogP contribution in [0.2, 0.25) is 0 Å². The van der Waals surface area contributed by atoms with Crippen LogP contribution in [-0.4, -0.2) is 47.4 Å². The van der Waals surface area contributed by atoms with Gasteiger partial charge in [-0.1, -0.05) is 237 Å². The molecule has 0 bridgehead atoms. The van der Waals surface area contributed by atoms with E-state index in [-0.39, 0.29) is 18.5 Å². The molecule has 0 aromatic heterocycles. The summed E-state index contributed by atoms with van der Waals surface area (Å²) in [7, 11) is 0. The molecule has 0 aromatic rings. The molecule has 2 atom stereocenters. The first-order chi connectivity index (χ1) is 31.5. The monoisotopic (exact) mass is 900 g/mol. The predicted molar refractivity (Wildman–Crippen MR) is 278 cm³/mol. The fourth-order valence-corrected chi connectivity index (χ4v) is 8.53. The molecule has 1 amide bonds. The van der Waals surface area contributed by atoms with Gasteiger partial charge < -0.3 is 20.3 Å². The molecule has 0 saturated heterocycles. The Balaban J connectivity index is 3.51. The number of esters is 1. The maximum absolute atomic E-state index is 12.5. The van der Waals surface area contributed by atoms with E-state index in [9.17, 15) is 19.8 Å². The first kappa shape index (κ1) is 62.1. The number of hydrogen-bond donors (Lipinski definition) is 3. The van der Waals surface area contributed by atoms with E-state index in [1.54, 1.807) is 0 Å². The van der Waals surface area contributed by atoms with Gasteiger partial charge in [0.2, 0.25) is 5.91 Å². The summed E-state index contributed by atoms with van der Waals surface area (Å²) < 4.78 is 5.42. The van der Waals surface area contributed by atoms with Gasteiger partial charge in [0, 0.05) is 12.8 Å². The third-order valence-corrected chi connectivity index (χ3v) is 12.9. The number of unbranched alkanes of at least 4 members (excludes halogenated alkanes) is 35. The van der Waals surface area contributed by atoms with Crippen molar-refractivity contribution in [1.29, 1.82) is 0 Å². The minimum Gasteiger partial charge on any atom is -0.466 e. The number of rotatable bonds is 52. The molecular formula is C58H109NO5. The lowest BCUT2D eigenvalue weighted by Gasteiger charge is -2.22. The zero-order valence-corrected chi connectivity index (χ0v) is 42.8. The van der Waals surface area contributed by atoms with Gasteiger partial charge in [-0.15, -0.1) is 0 Å². The summed E-state index contributed by atoms with van der Waals surface area (Å²) in [6.07, 6.45) is 65.6. The molecule has 2 unspecified atom stereocenters. The lowest BCUT2D eigenvalue weighted by Crippen LogP contribution is -2.45. The molecule has 0 rings (SSSR count). The summed E-state index contributed by atoms with van der Waals surface area (Å²) in [5.74, 6) is -0.0765. The van der Waals surface area contributed by atoms with Crippen molar-refractivity contribution in [3.63, 3.8) is 0 Å². The van der Waals surface area contributed by atoms with E-state index in [2.05, 4.69) is 55.6 Å². The second-order valence-electron chi connectivity index (χ2n) is 19.3. The minimum atomic E-state index is -0.676. The Labute approximate surface area is 398 Å². The second kappa shape index (κ2) is 53.7. The Morgan fingerprint density at radius 3 is 1.25 bits per heavy atom. The smallest absolute Gasteiger partial charge is 0.305 e. The zero-order valence-electron chi connectivity index (χ0n) is 42.8. The van der Waals surface area contributed by atoms with Crippen molar-refractivity contribution in [2.24, 2.45) is 0 Å². The molecule has 3 N–H and O–H groups in total. The number of ether oxygens (including phenoxy) is 1. The summed E-state index contributed by atoms with van der Waals surface area (Å²) in [5, 5.41) is 23.3. The van der Waals surface area contributed by atoms with E-state index in [0.29, 0.717) is 25.9 Å².